The van der Waals surface area contributed by atoms with Crippen LogP contribution >= 0.6 is 0 Å². The number of anilines is 2. The molecule has 0 unspecified atom stereocenters. The van der Waals surface area contributed by atoms with Crippen LogP contribution in [-0.2, 0) is 11.2 Å². The number of alkyl halides is 3. The van der Waals surface area contributed by atoms with Crippen LogP contribution in [0.25, 0.3) is 11.1 Å². The summed E-state index contributed by atoms with van der Waals surface area (Å²) in [6, 6.07) is 5.94. The first-order valence-corrected chi connectivity index (χ1v) is 7.72. The van der Waals surface area contributed by atoms with Crippen LogP contribution in [0.1, 0.15) is 11.1 Å². The van der Waals surface area contributed by atoms with E-state index in [1.54, 1.807) is 12.3 Å². The van der Waals surface area contributed by atoms with Gasteiger partial charge in [-0.3, -0.25) is 4.79 Å². The molecule has 26 heavy (non-hydrogen) atoms. The van der Waals surface area contributed by atoms with Gasteiger partial charge in [0.25, 0.3) is 0 Å². The highest BCUT2D eigenvalue weighted by molar-refractivity contribution is 6.05. The Morgan fingerprint density at radius 3 is 2.69 bits per heavy atom. The Kier molecular flexibility index (Phi) is 3.57. The van der Waals surface area contributed by atoms with Crippen molar-refractivity contribution in [3.05, 3.63) is 65.9 Å². The fourth-order valence-corrected chi connectivity index (χ4v) is 3.13. The molecule has 2 heterocycles. The number of fused-ring (bicyclic) bond motifs is 3. The lowest BCUT2D eigenvalue weighted by Gasteiger charge is -2.16. The van der Waals surface area contributed by atoms with Crippen molar-refractivity contribution >= 4 is 28.4 Å². The van der Waals surface area contributed by atoms with Crippen molar-refractivity contribution in [1.29, 1.82) is 0 Å². The number of aromatic amines is 1. The van der Waals surface area contributed by atoms with Crippen molar-refractivity contribution in [2.45, 2.75) is 12.6 Å². The second-order valence-corrected chi connectivity index (χ2v) is 5.92. The Balaban J connectivity index is 1.91. The van der Waals surface area contributed by atoms with Gasteiger partial charge in [0.2, 0.25) is 0 Å². The van der Waals surface area contributed by atoms with E-state index >= 15 is 0 Å². The molecule has 0 bridgehead atoms. The number of H-pyrrole nitrogens is 1. The molecule has 8 heteroatoms. The van der Waals surface area contributed by atoms with E-state index in [9.17, 15) is 22.4 Å². The Labute approximate surface area is 144 Å². The summed E-state index contributed by atoms with van der Waals surface area (Å²) < 4.78 is 55.4. The normalized spacial score (nSPS) is 14.3. The van der Waals surface area contributed by atoms with Crippen molar-refractivity contribution in [1.82, 2.24) is 4.40 Å². The minimum atomic E-state index is -4.64. The zero-order valence-electron chi connectivity index (χ0n) is 13.2. The van der Waals surface area contributed by atoms with E-state index in [-0.39, 0.29) is 23.2 Å². The molecule has 2 aromatic heterocycles. The van der Waals surface area contributed by atoms with Gasteiger partial charge >= 0.3 is 12.0 Å². The quantitative estimate of drug-likeness (QED) is 0.707. The van der Waals surface area contributed by atoms with Crippen molar-refractivity contribution in [2.24, 2.45) is 0 Å². The third kappa shape index (κ3) is 2.63. The molecule has 1 aromatic carbocycles. The maximum absolute atomic E-state index is 13.9. The molecule has 4 nitrogen and oxygen atoms in total. The van der Waals surface area contributed by atoms with Gasteiger partial charge in [-0.25, -0.2) is 14.7 Å². The number of carbonyl (C=O) groups is 1. The number of aromatic nitrogens is 2. The summed E-state index contributed by atoms with van der Waals surface area (Å²) in [5.41, 5.74) is -0.229. The SMILES string of the molecule is O=C1C=C(C(F)(F)F)c2cn3cc[nH+]c(Nc4ccccc4F)c3c2C1. The second kappa shape index (κ2) is 5.69. The summed E-state index contributed by atoms with van der Waals surface area (Å²) in [6.07, 6.45) is 0.221. The Morgan fingerprint density at radius 1 is 1.19 bits per heavy atom. The van der Waals surface area contributed by atoms with E-state index in [0.29, 0.717) is 17.4 Å². The minimum Gasteiger partial charge on any atom is -0.312 e. The number of para-hydroxylation sites is 1. The first-order chi connectivity index (χ1) is 12.3. The number of ketones is 1. The van der Waals surface area contributed by atoms with Crippen LogP contribution in [0.15, 0.2) is 48.9 Å². The largest absolute Gasteiger partial charge is 0.417 e. The molecule has 0 radical (unpaired) electrons. The average Bonchev–Trinajstić information content (AvgIpc) is 2.94. The number of hydrogen-bond donors (Lipinski definition) is 1. The summed E-state index contributed by atoms with van der Waals surface area (Å²) >= 11 is 0. The Hall–Kier alpha value is -3.16. The standard InChI is InChI=1S/C18H11F4N3O/c19-14-3-1-2-4-15(14)24-17-16-11-7-10(26)8-13(18(20,21)22)12(11)9-25(16)6-5-23-17/h1-6,8-9H,7H2,(H,23,24)/p+1. The zero-order valence-corrected chi connectivity index (χ0v) is 13.2. The highest BCUT2D eigenvalue weighted by Crippen LogP contribution is 2.41. The van der Waals surface area contributed by atoms with Gasteiger partial charge in [-0.2, -0.15) is 13.2 Å². The van der Waals surface area contributed by atoms with Crippen molar-refractivity contribution in [3.63, 3.8) is 0 Å². The van der Waals surface area contributed by atoms with Gasteiger partial charge in [0, 0.05) is 29.9 Å². The molecule has 1 aliphatic rings. The van der Waals surface area contributed by atoms with E-state index in [1.807, 2.05) is 0 Å². The highest BCUT2D eigenvalue weighted by Gasteiger charge is 2.40. The minimum absolute atomic E-state index is 0.0479. The van der Waals surface area contributed by atoms with Crippen LogP contribution < -0.4 is 10.3 Å². The van der Waals surface area contributed by atoms with Gasteiger partial charge < -0.3 is 4.40 Å². The van der Waals surface area contributed by atoms with Gasteiger partial charge in [0.05, 0.1) is 5.57 Å². The van der Waals surface area contributed by atoms with Crippen molar-refractivity contribution < 1.29 is 27.3 Å². The number of allylic oxidation sites excluding steroid dienone is 2. The Bertz CT molecular complexity index is 1070. The van der Waals surface area contributed by atoms with Gasteiger partial charge in [-0.05, 0) is 18.2 Å². The predicted molar refractivity (Wildman–Crippen MR) is 86.4 cm³/mol. The van der Waals surface area contributed by atoms with Crippen molar-refractivity contribution in [2.75, 3.05) is 5.32 Å². The van der Waals surface area contributed by atoms with Gasteiger partial charge in [-0.1, -0.05) is 12.1 Å². The third-order valence-electron chi connectivity index (χ3n) is 4.22. The fraction of sp³-hybridized carbons (Fsp3) is 0.111. The summed E-state index contributed by atoms with van der Waals surface area (Å²) in [4.78, 5) is 14.8. The molecule has 4 rings (SSSR count). The molecule has 0 aliphatic heterocycles. The Morgan fingerprint density at radius 2 is 1.96 bits per heavy atom. The van der Waals surface area contributed by atoms with Crippen LogP contribution in [0, 0.1) is 5.82 Å². The number of nitrogens with zero attached hydrogens (tertiary/aromatic N) is 1. The summed E-state index contributed by atoms with van der Waals surface area (Å²) in [5.74, 6) is -0.830. The van der Waals surface area contributed by atoms with Crippen LogP contribution in [0.3, 0.4) is 0 Å². The van der Waals surface area contributed by atoms with E-state index in [2.05, 4.69) is 10.3 Å². The molecular weight excluding hydrogens is 350 g/mol. The summed E-state index contributed by atoms with van der Waals surface area (Å²) in [6.45, 7) is 0. The molecule has 132 valence electrons. The van der Waals surface area contributed by atoms with Crippen LogP contribution in [-0.4, -0.2) is 16.4 Å². The number of benzene rings is 1. The molecule has 0 atom stereocenters. The second-order valence-electron chi connectivity index (χ2n) is 5.92. The zero-order chi connectivity index (χ0) is 18.5. The third-order valence-corrected chi connectivity index (χ3v) is 4.22. The van der Waals surface area contributed by atoms with Crippen LogP contribution in [0.5, 0.6) is 0 Å². The molecule has 0 fully saturated rings. The number of carbonyl (C=O) groups excluding carboxylic acids is 1. The molecule has 1 aliphatic carbocycles. The smallest absolute Gasteiger partial charge is 0.312 e. The lowest BCUT2D eigenvalue weighted by Crippen LogP contribution is -2.18. The van der Waals surface area contributed by atoms with Crippen LogP contribution in [0.4, 0.5) is 29.1 Å². The number of nitrogens with one attached hydrogen (secondary N) is 2. The lowest BCUT2D eigenvalue weighted by molar-refractivity contribution is -0.360. The topological polar surface area (TPSA) is 47.7 Å². The average molecular weight is 362 g/mol. The number of hydrogen-bond acceptors (Lipinski definition) is 2. The molecule has 0 saturated carbocycles. The van der Waals surface area contributed by atoms with Gasteiger partial charge in [-0.15, -0.1) is 0 Å². The first kappa shape index (κ1) is 16.3. The van der Waals surface area contributed by atoms with Gasteiger partial charge in [0.15, 0.2) is 17.3 Å². The lowest BCUT2D eigenvalue weighted by atomic mass is 9.92. The van der Waals surface area contributed by atoms with Gasteiger partial charge in [0.1, 0.15) is 11.7 Å². The molecule has 0 amide bonds. The van der Waals surface area contributed by atoms with Crippen molar-refractivity contribution in [3.8, 4) is 0 Å². The first-order valence-electron chi connectivity index (χ1n) is 7.72. The number of halogens is 4. The molecular formula is C18H12F4N3O+. The highest BCUT2D eigenvalue weighted by atomic mass is 19.4. The van der Waals surface area contributed by atoms with Crippen LogP contribution in [0.2, 0.25) is 0 Å². The van der Waals surface area contributed by atoms with E-state index in [1.165, 1.54) is 35.0 Å². The molecule has 0 saturated heterocycles. The van der Waals surface area contributed by atoms with E-state index in [0.717, 1.165) is 0 Å². The fourth-order valence-electron chi connectivity index (χ4n) is 3.13. The van der Waals surface area contributed by atoms with E-state index in [4.69, 9.17) is 0 Å². The summed E-state index contributed by atoms with van der Waals surface area (Å²) in [7, 11) is 0. The molecule has 0 spiro atoms. The van der Waals surface area contributed by atoms with E-state index < -0.39 is 23.3 Å². The summed E-state index contributed by atoms with van der Waals surface area (Å²) in [5, 5.41) is 2.86. The maximum Gasteiger partial charge on any atom is 0.417 e. The monoisotopic (exact) mass is 362 g/mol. The maximum atomic E-state index is 13.9. The molecule has 3 aromatic rings. The molecule has 2 N–H and O–H groups in total. The number of rotatable bonds is 2. The predicted octanol–water partition coefficient (Wildman–Crippen LogP) is 3.71.